The van der Waals surface area contributed by atoms with Crippen LogP contribution in [0.3, 0.4) is 0 Å². The van der Waals surface area contributed by atoms with Crippen molar-refractivity contribution in [2.75, 3.05) is 46.4 Å². The van der Waals surface area contributed by atoms with Crippen molar-refractivity contribution in [3.05, 3.63) is 0 Å². The molecule has 2 aliphatic carbocycles. The van der Waals surface area contributed by atoms with Gasteiger partial charge in [-0.2, -0.15) is 0 Å². The number of hydrogen-bond donors (Lipinski definition) is 2. The summed E-state index contributed by atoms with van der Waals surface area (Å²) in [5.41, 5.74) is -0.167. The average molecular weight is 354 g/mol. The van der Waals surface area contributed by atoms with Gasteiger partial charge in [0.05, 0.1) is 13.2 Å². The van der Waals surface area contributed by atoms with E-state index < -0.39 is 0 Å². The van der Waals surface area contributed by atoms with Crippen molar-refractivity contribution in [2.45, 2.75) is 52.4 Å². The maximum atomic E-state index is 11.8. The molecule has 6 nitrogen and oxygen atoms in total. The summed E-state index contributed by atoms with van der Waals surface area (Å²) in [6, 6.07) is 0. The van der Waals surface area contributed by atoms with Crippen LogP contribution in [0.25, 0.3) is 0 Å². The van der Waals surface area contributed by atoms with E-state index in [1.165, 1.54) is 0 Å². The maximum Gasteiger partial charge on any atom is 0.226 e. The second kappa shape index (κ2) is 8.99. The highest BCUT2D eigenvalue weighted by Gasteiger charge is 2.45. The van der Waals surface area contributed by atoms with Crippen LogP contribution in [0.1, 0.15) is 52.4 Å². The van der Waals surface area contributed by atoms with E-state index in [2.05, 4.69) is 22.6 Å². The lowest BCUT2D eigenvalue weighted by Crippen LogP contribution is -2.33. The quantitative estimate of drug-likeness (QED) is 0.493. The number of carbonyl (C=O) groups excluding carboxylic acids is 2. The molecule has 0 radical (unpaired) electrons. The Hall–Kier alpha value is -1.14. The third kappa shape index (κ3) is 6.94. The Labute approximate surface area is 152 Å². The minimum Gasteiger partial charge on any atom is -0.378 e. The van der Waals surface area contributed by atoms with Crippen molar-refractivity contribution < 1.29 is 14.3 Å². The van der Waals surface area contributed by atoms with Crippen molar-refractivity contribution in [1.29, 1.82) is 0 Å². The summed E-state index contributed by atoms with van der Waals surface area (Å²) in [5.74, 6) is 0.382. The van der Waals surface area contributed by atoms with Gasteiger partial charge < -0.3 is 20.3 Å². The molecule has 2 fully saturated rings. The second-order valence-corrected chi connectivity index (χ2v) is 8.26. The maximum absolute atomic E-state index is 11.8. The van der Waals surface area contributed by atoms with Gasteiger partial charge in [-0.15, -0.1) is 0 Å². The van der Waals surface area contributed by atoms with Crippen LogP contribution in [0, 0.1) is 10.8 Å². The fourth-order valence-corrected chi connectivity index (χ4v) is 2.64. The van der Waals surface area contributed by atoms with E-state index in [0.717, 1.165) is 58.2 Å². The summed E-state index contributed by atoms with van der Waals surface area (Å²) in [7, 11) is 2.09. The first-order chi connectivity index (χ1) is 11.9. The Bertz CT molecular complexity index is 459. The Balaban J connectivity index is 1.35. The minimum absolute atomic E-state index is 0.0655. The number of likely N-dealkylation sites (N-methyl/N-ethyl adjacent to an activating group) is 1. The molecule has 0 saturated heterocycles. The number of amides is 2. The van der Waals surface area contributed by atoms with Crippen molar-refractivity contribution in [3.63, 3.8) is 0 Å². The van der Waals surface area contributed by atoms with Crippen molar-refractivity contribution in [1.82, 2.24) is 15.5 Å². The topological polar surface area (TPSA) is 70.7 Å². The lowest BCUT2D eigenvalue weighted by Gasteiger charge is -2.17. The number of nitrogens with zero attached hydrogens (tertiary/aromatic N) is 1. The van der Waals surface area contributed by atoms with Crippen LogP contribution in [0.15, 0.2) is 0 Å². The highest BCUT2D eigenvalue weighted by atomic mass is 16.5. The second-order valence-electron chi connectivity index (χ2n) is 8.26. The number of ether oxygens (including phenoxy) is 1. The van der Waals surface area contributed by atoms with Gasteiger partial charge in [0.15, 0.2) is 0 Å². The van der Waals surface area contributed by atoms with E-state index in [0.29, 0.717) is 19.8 Å². The van der Waals surface area contributed by atoms with Gasteiger partial charge in [0.25, 0.3) is 0 Å². The van der Waals surface area contributed by atoms with Crippen molar-refractivity contribution >= 4 is 11.8 Å². The molecular weight excluding hydrogens is 318 g/mol. The van der Waals surface area contributed by atoms with Gasteiger partial charge in [0.1, 0.15) is 0 Å². The molecule has 0 bridgehead atoms. The molecule has 0 spiro atoms. The molecule has 0 atom stereocenters. The number of carbonyl (C=O) groups is 2. The third-order valence-corrected chi connectivity index (χ3v) is 5.50. The summed E-state index contributed by atoms with van der Waals surface area (Å²) < 4.78 is 5.58. The van der Waals surface area contributed by atoms with Crippen LogP contribution in [0.5, 0.6) is 0 Å². The molecule has 6 heteroatoms. The van der Waals surface area contributed by atoms with Crippen molar-refractivity contribution in [3.8, 4) is 0 Å². The highest BCUT2D eigenvalue weighted by molar-refractivity contribution is 5.85. The first-order valence-corrected chi connectivity index (χ1v) is 9.69. The normalized spacial score (nSPS) is 19.5. The standard InChI is InChI=1S/C19H35N3O3/c1-18(6-7-18)16(23)20-10-4-5-12-22(3)13-15-25-14-11-21-17(24)19(2)8-9-19/h4-15H2,1-3H3,(H,20,23)(H,21,24). The monoisotopic (exact) mass is 353 g/mol. The SMILES string of the molecule is CN(CCCCNC(=O)C1(C)CC1)CCOCCNC(=O)C1(C)CC1. The van der Waals surface area contributed by atoms with Crippen LogP contribution in [0.2, 0.25) is 0 Å². The third-order valence-electron chi connectivity index (χ3n) is 5.50. The molecule has 25 heavy (non-hydrogen) atoms. The first-order valence-electron chi connectivity index (χ1n) is 9.69. The molecule has 0 aromatic rings. The summed E-state index contributed by atoms with van der Waals surface area (Å²) in [6.07, 6.45) is 6.16. The van der Waals surface area contributed by atoms with Gasteiger partial charge in [-0.05, 0) is 52.1 Å². The van der Waals surface area contributed by atoms with E-state index in [4.69, 9.17) is 4.74 Å². The summed E-state index contributed by atoms with van der Waals surface area (Å²) in [6.45, 7) is 8.55. The van der Waals surface area contributed by atoms with E-state index in [1.807, 2.05) is 13.8 Å². The van der Waals surface area contributed by atoms with Crippen LogP contribution in [-0.2, 0) is 14.3 Å². The minimum atomic E-state index is -0.101. The van der Waals surface area contributed by atoms with E-state index in [9.17, 15) is 9.59 Å². The zero-order valence-corrected chi connectivity index (χ0v) is 16.2. The van der Waals surface area contributed by atoms with Gasteiger partial charge in [0.2, 0.25) is 11.8 Å². The Morgan fingerprint density at radius 1 is 0.880 bits per heavy atom. The zero-order valence-electron chi connectivity index (χ0n) is 16.2. The zero-order chi connectivity index (χ0) is 18.3. The molecular formula is C19H35N3O3. The highest BCUT2D eigenvalue weighted by Crippen LogP contribution is 2.45. The first kappa shape index (κ1) is 20.2. The van der Waals surface area contributed by atoms with Gasteiger partial charge >= 0.3 is 0 Å². The molecule has 0 heterocycles. The molecule has 2 amide bonds. The fraction of sp³-hybridized carbons (Fsp3) is 0.895. The molecule has 144 valence electrons. The Morgan fingerprint density at radius 2 is 1.44 bits per heavy atom. The van der Waals surface area contributed by atoms with Crippen LogP contribution >= 0.6 is 0 Å². The number of rotatable bonds is 13. The Morgan fingerprint density at radius 3 is 2.00 bits per heavy atom. The summed E-state index contributed by atoms with van der Waals surface area (Å²) >= 11 is 0. The number of nitrogens with one attached hydrogen (secondary N) is 2. The molecule has 0 unspecified atom stereocenters. The molecule has 0 aromatic carbocycles. The lowest BCUT2D eigenvalue weighted by atomic mass is 10.1. The molecule has 2 rings (SSSR count). The van der Waals surface area contributed by atoms with Crippen LogP contribution < -0.4 is 10.6 Å². The van der Waals surface area contributed by atoms with Crippen LogP contribution in [-0.4, -0.2) is 63.2 Å². The number of hydrogen-bond acceptors (Lipinski definition) is 4. The summed E-state index contributed by atoms with van der Waals surface area (Å²) in [5, 5.41) is 5.97. The number of unbranched alkanes of at least 4 members (excludes halogenated alkanes) is 1. The lowest BCUT2D eigenvalue weighted by molar-refractivity contribution is -0.126. The van der Waals surface area contributed by atoms with E-state index in [-0.39, 0.29) is 22.6 Å². The Kier molecular flexibility index (Phi) is 7.25. The molecule has 2 saturated carbocycles. The largest absolute Gasteiger partial charge is 0.378 e. The predicted molar refractivity (Wildman–Crippen MR) is 98.3 cm³/mol. The molecule has 0 aliphatic heterocycles. The van der Waals surface area contributed by atoms with Crippen LogP contribution in [0.4, 0.5) is 0 Å². The predicted octanol–water partition coefficient (Wildman–Crippen LogP) is 1.55. The smallest absolute Gasteiger partial charge is 0.226 e. The van der Waals surface area contributed by atoms with Gasteiger partial charge in [-0.1, -0.05) is 13.8 Å². The van der Waals surface area contributed by atoms with Gasteiger partial charge in [0, 0.05) is 30.5 Å². The van der Waals surface area contributed by atoms with E-state index >= 15 is 0 Å². The fourth-order valence-electron chi connectivity index (χ4n) is 2.64. The summed E-state index contributed by atoms with van der Waals surface area (Å²) in [4.78, 5) is 25.8. The van der Waals surface area contributed by atoms with Gasteiger partial charge in [-0.3, -0.25) is 9.59 Å². The van der Waals surface area contributed by atoms with Crippen molar-refractivity contribution in [2.24, 2.45) is 10.8 Å². The average Bonchev–Trinajstić information content (AvgIpc) is 3.49. The molecule has 0 aromatic heterocycles. The molecule has 2 N–H and O–H groups in total. The van der Waals surface area contributed by atoms with E-state index in [1.54, 1.807) is 0 Å². The van der Waals surface area contributed by atoms with Gasteiger partial charge in [-0.25, -0.2) is 0 Å². The molecule has 2 aliphatic rings.